The number of hydrogen-bond acceptors (Lipinski definition) is 3. The lowest BCUT2D eigenvalue weighted by molar-refractivity contribution is 0.0746. The van der Waals surface area contributed by atoms with Gasteiger partial charge in [0.15, 0.2) is 5.69 Å². The number of hydrogen-bond donors (Lipinski definition) is 0. The van der Waals surface area contributed by atoms with Gasteiger partial charge < -0.3 is 4.90 Å². The molecule has 0 saturated heterocycles. The molecule has 0 aliphatic carbocycles. The maximum atomic E-state index is 12.7. The van der Waals surface area contributed by atoms with Gasteiger partial charge in [0, 0.05) is 18.1 Å². The van der Waals surface area contributed by atoms with Crippen LogP contribution in [0.3, 0.4) is 0 Å². The fraction of sp³-hybridized carbons (Fsp3) is 0.211. The van der Waals surface area contributed by atoms with Crippen molar-refractivity contribution in [2.24, 2.45) is 0 Å². The summed E-state index contributed by atoms with van der Waals surface area (Å²) in [5.41, 5.74) is 2.44. The summed E-state index contributed by atoms with van der Waals surface area (Å²) < 4.78 is 1.68. The van der Waals surface area contributed by atoms with Gasteiger partial charge in [0.2, 0.25) is 0 Å². The Kier molecular flexibility index (Phi) is 5.46. The molecular weight excluding hydrogens is 336 g/mol. The number of amides is 1. The lowest BCUT2D eigenvalue weighted by atomic mass is 10.2. The summed E-state index contributed by atoms with van der Waals surface area (Å²) in [6.45, 7) is 3.59. The summed E-state index contributed by atoms with van der Waals surface area (Å²) >= 11 is 6.02. The van der Waals surface area contributed by atoms with Gasteiger partial charge >= 0.3 is 0 Å². The molecule has 128 valence electrons. The van der Waals surface area contributed by atoms with Gasteiger partial charge in [0.05, 0.1) is 12.7 Å². The van der Waals surface area contributed by atoms with Crippen molar-refractivity contribution in [1.29, 1.82) is 0 Å². The summed E-state index contributed by atoms with van der Waals surface area (Å²) in [4.78, 5) is 14.4. The summed E-state index contributed by atoms with van der Waals surface area (Å²) in [5, 5.41) is 8.77. The molecule has 1 heterocycles. The van der Waals surface area contributed by atoms with E-state index in [0.717, 1.165) is 11.1 Å². The second-order valence-corrected chi connectivity index (χ2v) is 6.17. The number of benzene rings is 2. The number of nitrogens with zero attached hydrogens (tertiary/aromatic N) is 4. The SMILES string of the molecule is CCN(Cc1cccc(Cl)c1)C(=O)c1cn(Cc2ccccc2)nn1. The van der Waals surface area contributed by atoms with Crippen LogP contribution in [-0.2, 0) is 13.1 Å². The number of carbonyl (C=O) groups excluding carboxylic acids is 1. The van der Waals surface area contributed by atoms with Crippen LogP contribution < -0.4 is 0 Å². The Hall–Kier alpha value is -2.66. The van der Waals surface area contributed by atoms with Crippen LogP contribution >= 0.6 is 11.6 Å². The van der Waals surface area contributed by atoms with Crippen LogP contribution in [0.25, 0.3) is 0 Å². The third kappa shape index (κ3) is 4.45. The van der Waals surface area contributed by atoms with E-state index in [-0.39, 0.29) is 5.91 Å². The van der Waals surface area contributed by atoms with E-state index in [1.54, 1.807) is 15.8 Å². The number of carbonyl (C=O) groups is 1. The Morgan fingerprint density at radius 3 is 2.60 bits per heavy atom. The van der Waals surface area contributed by atoms with Crippen molar-refractivity contribution in [3.8, 4) is 0 Å². The lowest BCUT2D eigenvalue weighted by Crippen LogP contribution is -2.30. The van der Waals surface area contributed by atoms with E-state index in [1.807, 2.05) is 61.5 Å². The number of rotatable bonds is 6. The van der Waals surface area contributed by atoms with Gasteiger partial charge in [-0.05, 0) is 30.2 Å². The minimum Gasteiger partial charge on any atom is -0.333 e. The Morgan fingerprint density at radius 1 is 1.12 bits per heavy atom. The first-order valence-corrected chi connectivity index (χ1v) is 8.51. The fourth-order valence-corrected chi connectivity index (χ4v) is 2.80. The largest absolute Gasteiger partial charge is 0.333 e. The standard InChI is InChI=1S/C19H19ClN4O/c1-2-23(12-16-9-6-10-17(20)11-16)19(25)18-14-24(22-21-18)13-15-7-4-3-5-8-15/h3-11,14H,2,12-13H2,1H3. The maximum Gasteiger partial charge on any atom is 0.276 e. The first-order chi connectivity index (χ1) is 12.2. The Labute approximate surface area is 151 Å². The normalized spacial score (nSPS) is 10.6. The van der Waals surface area contributed by atoms with Crippen molar-refractivity contribution in [2.45, 2.75) is 20.0 Å². The van der Waals surface area contributed by atoms with Crippen LogP contribution in [0.2, 0.25) is 5.02 Å². The first kappa shape index (κ1) is 17.2. The predicted molar refractivity (Wildman–Crippen MR) is 97.4 cm³/mol. The molecule has 0 aliphatic rings. The van der Waals surface area contributed by atoms with Crippen molar-refractivity contribution in [1.82, 2.24) is 19.9 Å². The minimum atomic E-state index is -0.137. The van der Waals surface area contributed by atoms with E-state index in [1.165, 1.54) is 0 Å². The zero-order valence-electron chi connectivity index (χ0n) is 14.0. The van der Waals surface area contributed by atoms with E-state index in [4.69, 9.17) is 11.6 Å². The molecule has 3 aromatic rings. The van der Waals surface area contributed by atoms with Gasteiger partial charge in [-0.2, -0.15) is 0 Å². The van der Waals surface area contributed by atoms with E-state index in [9.17, 15) is 4.79 Å². The van der Waals surface area contributed by atoms with Gasteiger partial charge in [0.1, 0.15) is 0 Å². The molecule has 0 N–H and O–H groups in total. The van der Waals surface area contributed by atoms with Crippen molar-refractivity contribution in [2.75, 3.05) is 6.54 Å². The quantitative estimate of drug-likeness (QED) is 0.679. The molecule has 0 unspecified atom stereocenters. The molecule has 0 bridgehead atoms. The average Bonchev–Trinajstić information content (AvgIpc) is 3.08. The van der Waals surface area contributed by atoms with Gasteiger partial charge in [0.25, 0.3) is 5.91 Å². The average molecular weight is 355 g/mol. The number of halogens is 1. The molecule has 3 rings (SSSR count). The highest BCUT2D eigenvalue weighted by Gasteiger charge is 2.18. The highest BCUT2D eigenvalue weighted by molar-refractivity contribution is 6.30. The van der Waals surface area contributed by atoms with Gasteiger partial charge in [-0.15, -0.1) is 5.10 Å². The highest BCUT2D eigenvalue weighted by Crippen LogP contribution is 2.14. The molecule has 0 saturated carbocycles. The van der Waals surface area contributed by atoms with Crippen LogP contribution in [0.15, 0.2) is 60.8 Å². The molecule has 2 aromatic carbocycles. The molecule has 1 aromatic heterocycles. The Balaban J connectivity index is 1.70. The molecule has 0 aliphatic heterocycles. The maximum absolute atomic E-state index is 12.7. The van der Waals surface area contributed by atoms with Gasteiger partial charge in [-0.3, -0.25) is 4.79 Å². The Morgan fingerprint density at radius 2 is 1.88 bits per heavy atom. The van der Waals surface area contributed by atoms with Crippen LogP contribution in [0.5, 0.6) is 0 Å². The summed E-state index contributed by atoms with van der Waals surface area (Å²) in [7, 11) is 0. The van der Waals surface area contributed by atoms with E-state index >= 15 is 0 Å². The van der Waals surface area contributed by atoms with Gasteiger partial charge in [-0.1, -0.05) is 59.3 Å². The van der Waals surface area contributed by atoms with Crippen molar-refractivity contribution >= 4 is 17.5 Å². The second-order valence-electron chi connectivity index (χ2n) is 5.74. The van der Waals surface area contributed by atoms with E-state index in [0.29, 0.717) is 30.4 Å². The van der Waals surface area contributed by atoms with Gasteiger partial charge in [-0.25, -0.2) is 4.68 Å². The summed E-state index contributed by atoms with van der Waals surface area (Å²) in [6.07, 6.45) is 1.69. The zero-order chi connectivity index (χ0) is 17.6. The molecule has 1 amide bonds. The smallest absolute Gasteiger partial charge is 0.276 e. The number of aromatic nitrogens is 3. The monoisotopic (exact) mass is 354 g/mol. The second kappa shape index (κ2) is 7.94. The third-order valence-electron chi connectivity index (χ3n) is 3.88. The van der Waals surface area contributed by atoms with E-state index < -0.39 is 0 Å². The fourth-order valence-electron chi connectivity index (χ4n) is 2.59. The highest BCUT2D eigenvalue weighted by atomic mass is 35.5. The van der Waals surface area contributed by atoms with Crippen LogP contribution in [0.4, 0.5) is 0 Å². The molecule has 6 heteroatoms. The molecule has 0 spiro atoms. The molecule has 5 nitrogen and oxygen atoms in total. The molecular formula is C19H19ClN4O. The molecule has 25 heavy (non-hydrogen) atoms. The zero-order valence-corrected chi connectivity index (χ0v) is 14.7. The summed E-state index contributed by atoms with van der Waals surface area (Å²) in [5.74, 6) is -0.137. The Bertz CT molecular complexity index is 847. The topological polar surface area (TPSA) is 51.0 Å². The van der Waals surface area contributed by atoms with Crippen LogP contribution in [-0.4, -0.2) is 32.3 Å². The lowest BCUT2D eigenvalue weighted by Gasteiger charge is -2.19. The third-order valence-corrected chi connectivity index (χ3v) is 4.11. The molecule has 0 radical (unpaired) electrons. The first-order valence-electron chi connectivity index (χ1n) is 8.13. The van der Waals surface area contributed by atoms with E-state index in [2.05, 4.69) is 10.3 Å². The summed E-state index contributed by atoms with van der Waals surface area (Å²) in [6, 6.07) is 17.5. The molecule has 0 fully saturated rings. The van der Waals surface area contributed by atoms with Crippen molar-refractivity contribution in [3.05, 3.63) is 82.6 Å². The van der Waals surface area contributed by atoms with Crippen LogP contribution in [0, 0.1) is 0 Å². The minimum absolute atomic E-state index is 0.137. The van der Waals surface area contributed by atoms with Crippen LogP contribution in [0.1, 0.15) is 28.5 Å². The molecule has 0 atom stereocenters. The van der Waals surface area contributed by atoms with Crippen molar-refractivity contribution < 1.29 is 4.79 Å². The predicted octanol–water partition coefficient (Wildman–Crippen LogP) is 3.64. The van der Waals surface area contributed by atoms with Crippen molar-refractivity contribution in [3.63, 3.8) is 0 Å².